The Hall–Kier alpha value is -1.86. The summed E-state index contributed by atoms with van der Waals surface area (Å²) in [5.74, 6) is 2.31. The maximum Gasteiger partial charge on any atom is 0.228 e. The third-order valence-electron chi connectivity index (χ3n) is 4.09. The van der Waals surface area contributed by atoms with Gasteiger partial charge in [-0.25, -0.2) is 9.97 Å². The summed E-state index contributed by atoms with van der Waals surface area (Å²) in [6, 6.07) is 1.76. The van der Waals surface area contributed by atoms with Crippen LogP contribution in [0.3, 0.4) is 0 Å². The van der Waals surface area contributed by atoms with E-state index in [-0.39, 0.29) is 0 Å². The van der Waals surface area contributed by atoms with Crippen LogP contribution in [0, 0.1) is 0 Å². The molecule has 124 valence electrons. The second-order valence-electron chi connectivity index (χ2n) is 5.57. The molecule has 0 radical (unpaired) electrons. The normalized spacial score (nSPS) is 16.4. The summed E-state index contributed by atoms with van der Waals surface area (Å²) in [4.78, 5) is 17.7. The second kappa shape index (κ2) is 7.14. The summed E-state index contributed by atoms with van der Waals surface area (Å²) >= 11 is 6.06. The molecule has 1 fully saturated rings. The quantitative estimate of drug-likeness (QED) is 0.845. The van der Waals surface area contributed by atoms with Crippen molar-refractivity contribution in [1.29, 1.82) is 0 Å². The molecule has 3 heterocycles. The number of halogens is 1. The van der Waals surface area contributed by atoms with Crippen molar-refractivity contribution < 1.29 is 4.74 Å². The molecule has 2 aromatic rings. The van der Waals surface area contributed by atoms with Crippen LogP contribution in [-0.2, 0) is 13.6 Å². The highest BCUT2D eigenvalue weighted by Crippen LogP contribution is 2.16. The van der Waals surface area contributed by atoms with Crippen molar-refractivity contribution in [3.05, 3.63) is 29.4 Å². The molecule has 0 saturated carbocycles. The molecule has 8 heteroatoms. The molecule has 1 aliphatic rings. The smallest absolute Gasteiger partial charge is 0.228 e. The standard InChI is InChI=1S/C15H21ClN6O/c1-20-12(16)10-18-13(20)11-21-6-3-7-22(9-8-21)15-17-5-4-14(19-15)23-2/h4-5,10H,3,6-9,11H2,1-2H3. The molecule has 0 unspecified atom stereocenters. The lowest BCUT2D eigenvalue weighted by Crippen LogP contribution is -2.32. The summed E-state index contributed by atoms with van der Waals surface area (Å²) in [6.45, 7) is 4.57. The van der Waals surface area contributed by atoms with Crippen LogP contribution in [-0.4, -0.2) is 57.7 Å². The van der Waals surface area contributed by atoms with E-state index in [9.17, 15) is 0 Å². The van der Waals surface area contributed by atoms with E-state index >= 15 is 0 Å². The third-order valence-corrected chi connectivity index (χ3v) is 4.44. The number of rotatable bonds is 4. The zero-order valence-corrected chi connectivity index (χ0v) is 14.2. The minimum Gasteiger partial charge on any atom is -0.481 e. The van der Waals surface area contributed by atoms with Gasteiger partial charge in [-0.15, -0.1) is 0 Å². The molecule has 1 saturated heterocycles. The fourth-order valence-corrected chi connectivity index (χ4v) is 2.84. The van der Waals surface area contributed by atoms with Gasteiger partial charge >= 0.3 is 0 Å². The number of nitrogens with zero attached hydrogens (tertiary/aromatic N) is 6. The van der Waals surface area contributed by atoms with Gasteiger partial charge in [-0.05, 0) is 6.42 Å². The Balaban J connectivity index is 1.63. The number of methoxy groups -OCH3 is 1. The highest BCUT2D eigenvalue weighted by molar-refractivity contribution is 6.29. The van der Waals surface area contributed by atoms with Crippen LogP contribution in [0.5, 0.6) is 5.88 Å². The SMILES string of the molecule is COc1ccnc(N2CCCN(Cc3ncc(Cl)n3C)CC2)n1. The van der Waals surface area contributed by atoms with Gasteiger partial charge in [0.1, 0.15) is 11.0 Å². The van der Waals surface area contributed by atoms with E-state index in [1.165, 1.54) is 0 Å². The van der Waals surface area contributed by atoms with Crippen molar-refractivity contribution in [3.8, 4) is 5.88 Å². The molecule has 0 N–H and O–H groups in total. The summed E-state index contributed by atoms with van der Waals surface area (Å²) in [5.41, 5.74) is 0. The van der Waals surface area contributed by atoms with Gasteiger partial charge in [0.2, 0.25) is 11.8 Å². The molecular formula is C15H21ClN6O. The molecule has 0 atom stereocenters. The van der Waals surface area contributed by atoms with Crippen molar-refractivity contribution >= 4 is 17.5 Å². The molecular weight excluding hydrogens is 316 g/mol. The lowest BCUT2D eigenvalue weighted by atomic mass is 10.4. The van der Waals surface area contributed by atoms with Gasteiger partial charge in [0.25, 0.3) is 0 Å². The molecule has 3 rings (SSSR count). The average molecular weight is 337 g/mol. The fraction of sp³-hybridized carbons (Fsp3) is 0.533. The van der Waals surface area contributed by atoms with Crippen molar-refractivity contribution in [3.63, 3.8) is 0 Å². The summed E-state index contributed by atoms with van der Waals surface area (Å²) in [5, 5.41) is 0.668. The Kier molecular flexibility index (Phi) is 4.97. The number of hydrogen-bond donors (Lipinski definition) is 0. The Morgan fingerprint density at radius 2 is 2.09 bits per heavy atom. The number of aromatic nitrogens is 4. The van der Waals surface area contributed by atoms with Crippen LogP contribution in [0.1, 0.15) is 12.2 Å². The van der Waals surface area contributed by atoms with E-state index in [1.807, 2.05) is 11.6 Å². The monoisotopic (exact) mass is 336 g/mol. The fourth-order valence-electron chi connectivity index (χ4n) is 2.70. The third kappa shape index (κ3) is 3.73. The van der Waals surface area contributed by atoms with E-state index in [0.717, 1.165) is 50.9 Å². The molecule has 23 heavy (non-hydrogen) atoms. The van der Waals surface area contributed by atoms with Crippen LogP contribution < -0.4 is 9.64 Å². The Bertz CT molecular complexity index is 661. The number of ether oxygens (including phenoxy) is 1. The van der Waals surface area contributed by atoms with Gasteiger partial charge in [-0.1, -0.05) is 11.6 Å². The molecule has 0 aromatic carbocycles. The largest absolute Gasteiger partial charge is 0.481 e. The first-order valence-electron chi connectivity index (χ1n) is 7.68. The van der Waals surface area contributed by atoms with E-state index in [2.05, 4.69) is 24.8 Å². The van der Waals surface area contributed by atoms with Gasteiger partial charge in [-0.2, -0.15) is 4.98 Å². The number of imidazole rings is 1. The topological polar surface area (TPSA) is 59.3 Å². The summed E-state index contributed by atoms with van der Waals surface area (Å²) < 4.78 is 7.11. The zero-order chi connectivity index (χ0) is 16.2. The highest BCUT2D eigenvalue weighted by atomic mass is 35.5. The Labute approximate surface area is 140 Å². The summed E-state index contributed by atoms with van der Waals surface area (Å²) in [6.07, 6.45) is 4.49. The molecule has 2 aromatic heterocycles. The highest BCUT2D eigenvalue weighted by Gasteiger charge is 2.19. The van der Waals surface area contributed by atoms with Crippen molar-refractivity contribution in [2.75, 3.05) is 38.2 Å². The van der Waals surface area contributed by atoms with Gasteiger partial charge in [0.15, 0.2) is 0 Å². The molecule has 0 bridgehead atoms. The van der Waals surface area contributed by atoms with Crippen LogP contribution in [0.2, 0.25) is 5.15 Å². The Morgan fingerprint density at radius 3 is 2.83 bits per heavy atom. The first-order valence-corrected chi connectivity index (χ1v) is 8.05. The van der Waals surface area contributed by atoms with Gasteiger partial charge in [-0.3, -0.25) is 4.90 Å². The number of hydrogen-bond acceptors (Lipinski definition) is 6. The Morgan fingerprint density at radius 1 is 1.22 bits per heavy atom. The first kappa shape index (κ1) is 16.0. The van der Waals surface area contributed by atoms with Gasteiger partial charge < -0.3 is 14.2 Å². The molecule has 0 amide bonds. The molecule has 0 aliphatic carbocycles. The minimum absolute atomic E-state index is 0.596. The van der Waals surface area contributed by atoms with Crippen LogP contribution in [0.15, 0.2) is 18.5 Å². The molecule has 7 nitrogen and oxygen atoms in total. The number of anilines is 1. The van der Waals surface area contributed by atoms with Crippen molar-refractivity contribution in [2.45, 2.75) is 13.0 Å². The van der Waals surface area contributed by atoms with E-state index in [1.54, 1.807) is 25.6 Å². The maximum atomic E-state index is 6.06. The molecule has 0 spiro atoms. The predicted molar refractivity (Wildman–Crippen MR) is 88.9 cm³/mol. The van der Waals surface area contributed by atoms with Crippen LogP contribution in [0.4, 0.5) is 5.95 Å². The summed E-state index contributed by atoms with van der Waals surface area (Å²) in [7, 11) is 3.56. The van der Waals surface area contributed by atoms with Crippen LogP contribution in [0.25, 0.3) is 0 Å². The lowest BCUT2D eigenvalue weighted by Gasteiger charge is -2.21. The van der Waals surface area contributed by atoms with E-state index < -0.39 is 0 Å². The first-order chi connectivity index (χ1) is 11.2. The second-order valence-corrected chi connectivity index (χ2v) is 5.96. The average Bonchev–Trinajstić information content (AvgIpc) is 2.79. The van der Waals surface area contributed by atoms with Crippen molar-refractivity contribution in [1.82, 2.24) is 24.4 Å². The lowest BCUT2D eigenvalue weighted by molar-refractivity contribution is 0.275. The van der Waals surface area contributed by atoms with Gasteiger partial charge in [0.05, 0.1) is 19.9 Å². The van der Waals surface area contributed by atoms with E-state index in [4.69, 9.17) is 16.3 Å². The maximum absolute atomic E-state index is 6.06. The van der Waals surface area contributed by atoms with Gasteiger partial charge in [0, 0.05) is 45.5 Å². The molecule has 1 aliphatic heterocycles. The predicted octanol–water partition coefficient (Wildman–Crippen LogP) is 1.58. The van der Waals surface area contributed by atoms with Crippen molar-refractivity contribution in [2.24, 2.45) is 7.05 Å². The minimum atomic E-state index is 0.596. The van der Waals surface area contributed by atoms with E-state index in [0.29, 0.717) is 11.0 Å². The zero-order valence-electron chi connectivity index (χ0n) is 13.4. The van der Waals surface area contributed by atoms with Crippen LogP contribution >= 0.6 is 11.6 Å².